The van der Waals surface area contributed by atoms with Gasteiger partial charge in [-0.3, -0.25) is 4.90 Å². The second-order valence-corrected chi connectivity index (χ2v) is 8.41. The van der Waals surface area contributed by atoms with Crippen molar-refractivity contribution in [2.24, 2.45) is 0 Å². The van der Waals surface area contributed by atoms with Crippen LogP contribution in [0.3, 0.4) is 0 Å². The van der Waals surface area contributed by atoms with E-state index in [1.165, 1.54) is 0 Å². The topological polar surface area (TPSA) is 34.2 Å². The van der Waals surface area contributed by atoms with E-state index >= 15 is 0 Å². The molecule has 0 bridgehead atoms. The van der Waals surface area contributed by atoms with E-state index in [0.717, 1.165) is 44.0 Å². The van der Waals surface area contributed by atoms with Gasteiger partial charge in [-0.2, -0.15) is 0 Å². The van der Waals surface area contributed by atoms with Crippen LogP contribution in [-0.4, -0.2) is 57.4 Å². The third kappa shape index (κ3) is 5.45. The second-order valence-electron chi connectivity index (χ2n) is 7.63. The van der Waals surface area contributed by atoms with Gasteiger partial charge in [0.15, 0.2) is 11.5 Å². The molecule has 0 N–H and O–H groups in total. The number of anilines is 1. The summed E-state index contributed by atoms with van der Waals surface area (Å²) in [5.74, 6) is 2.15. The molecule has 164 valence electrons. The average Bonchev–Trinajstić information content (AvgIpc) is 2.75. The molecule has 1 aliphatic heterocycles. The monoisotopic (exact) mass is 452 g/mol. The number of rotatable bonds is 8. The SMILES string of the molecule is COc1ccc(OC(C)CC(C)N2CCN(c3cccc(Cl)c3Cl)CC2)cc1OC. The molecule has 0 saturated carbocycles. The molecule has 2 atom stereocenters. The normalized spacial score (nSPS) is 16.8. The van der Waals surface area contributed by atoms with E-state index in [-0.39, 0.29) is 6.10 Å². The highest BCUT2D eigenvalue weighted by Gasteiger charge is 2.24. The summed E-state index contributed by atoms with van der Waals surface area (Å²) in [6.45, 7) is 8.18. The summed E-state index contributed by atoms with van der Waals surface area (Å²) in [4.78, 5) is 4.81. The van der Waals surface area contributed by atoms with Gasteiger partial charge in [-0.1, -0.05) is 29.3 Å². The smallest absolute Gasteiger partial charge is 0.164 e. The molecule has 0 amide bonds. The molecule has 1 fully saturated rings. The Labute approximate surface area is 189 Å². The maximum atomic E-state index is 6.39. The molecule has 3 rings (SSSR count). The number of halogens is 2. The minimum atomic E-state index is 0.0819. The fraction of sp³-hybridized carbons (Fsp3) is 0.478. The Kier molecular flexibility index (Phi) is 7.98. The third-order valence-corrected chi connectivity index (χ3v) is 6.38. The predicted octanol–water partition coefficient (Wildman–Crippen LogP) is 5.38. The van der Waals surface area contributed by atoms with Crippen LogP contribution >= 0.6 is 23.2 Å². The summed E-state index contributed by atoms with van der Waals surface area (Å²) in [7, 11) is 3.26. The van der Waals surface area contributed by atoms with Crippen LogP contribution in [0.2, 0.25) is 10.0 Å². The lowest BCUT2D eigenvalue weighted by Gasteiger charge is -2.40. The number of methoxy groups -OCH3 is 2. The quantitative estimate of drug-likeness (QED) is 0.536. The van der Waals surface area contributed by atoms with Crippen molar-refractivity contribution in [1.29, 1.82) is 0 Å². The lowest BCUT2D eigenvalue weighted by molar-refractivity contribution is 0.129. The predicted molar refractivity (Wildman–Crippen MR) is 124 cm³/mol. The minimum Gasteiger partial charge on any atom is -0.493 e. The van der Waals surface area contributed by atoms with E-state index in [1.54, 1.807) is 14.2 Å². The van der Waals surface area contributed by atoms with Gasteiger partial charge in [0.2, 0.25) is 0 Å². The second kappa shape index (κ2) is 10.5. The highest BCUT2D eigenvalue weighted by molar-refractivity contribution is 6.43. The lowest BCUT2D eigenvalue weighted by Crippen LogP contribution is -2.50. The Morgan fingerprint density at radius 3 is 2.30 bits per heavy atom. The number of ether oxygens (including phenoxy) is 3. The standard InChI is InChI=1S/C23H30Cl2N2O3/c1-16(14-17(2)30-18-8-9-21(28-3)22(15-18)29-4)26-10-12-27(13-11-26)20-7-5-6-19(24)23(20)25/h5-9,15-17H,10-14H2,1-4H3. The number of benzene rings is 2. The number of hydrogen-bond donors (Lipinski definition) is 0. The van der Waals surface area contributed by atoms with Crippen LogP contribution in [0.4, 0.5) is 5.69 Å². The highest BCUT2D eigenvalue weighted by Crippen LogP contribution is 2.34. The zero-order chi connectivity index (χ0) is 21.7. The molecule has 0 aromatic heterocycles. The molecule has 0 radical (unpaired) electrons. The van der Waals surface area contributed by atoms with E-state index in [4.69, 9.17) is 37.4 Å². The van der Waals surface area contributed by atoms with Crippen molar-refractivity contribution in [3.8, 4) is 17.2 Å². The van der Waals surface area contributed by atoms with Crippen LogP contribution in [-0.2, 0) is 0 Å². The van der Waals surface area contributed by atoms with Crippen molar-refractivity contribution in [2.45, 2.75) is 32.4 Å². The van der Waals surface area contributed by atoms with E-state index in [0.29, 0.717) is 27.6 Å². The van der Waals surface area contributed by atoms with Crippen molar-refractivity contribution in [3.63, 3.8) is 0 Å². The number of hydrogen-bond acceptors (Lipinski definition) is 5. The van der Waals surface area contributed by atoms with E-state index in [1.807, 2.05) is 36.4 Å². The molecule has 7 heteroatoms. The summed E-state index contributed by atoms with van der Waals surface area (Å²) in [6.07, 6.45) is 1.02. The molecule has 1 heterocycles. The first kappa shape index (κ1) is 22.9. The zero-order valence-corrected chi connectivity index (χ0v) is 19.5. The van der Waals surface area contributed by atoms with E-state index in [9.17, 15) is 0 Å². The van der Waals surface area contributed by atoms with Crippen LogP contribution in [0.1, 0.15) is 20.3 Å². The van der Waals surface area contributed by atoms with Gasteiger partial charge in [-0.25, -0.2) is 0 Å². The van der Waals surface area contributed by atoms with E-state index in [2.05, 4.69) is 23.6 Å². The van der Waals surface area contributed by atoms with Gasteiger partial charge in [0.1, 0.15) is 5.75 Å². The highest BCUT2D eigenvalue weighted by atomic mass is 35.5. The molecule has 5 nitrogen and oxygen atoms in total. The fourth-order valence-electron chi connectivity index (χ4n) is 3.94. The van der Waals surface area contributed by atoms with Crippen molar-refractivity contribution in [1.82, 2.24) is 4.90 Å². The molecular formula is C23H30Cl2N2O3. The summed E-state index contributed by atoms with van der Waals surface area (Å²) < 4.78 is 16.8. The molecule has 2 aromatic rings. The summed E-state index contributed by atoms with van der Waals surface area (Å²) >= 11 is 12.6. The van der Waals surface area contributed by atoms with Gasteiger partial charge in [-0.15, -0.1) is 0 Å². The zero-order valence-electron chi connectivity index (χ0n) is 18.0. The molecule has 0 aliphatic carbocycles. The molecule has 0 spiro atoms. The van der Waals surface area contributed by atoms with E-state index < -0.39 is 0 Å². The van der Waals surface area contributed by atoms with Gasteiger partial charge in [-0.05, 0) is 44.5 Å². The van der Waals surface area contributed by atoms with Gasteiger partial charge in [0, 0.05) is 38.3 Å². The molecular weight excluding hydrogens is 423 g/mol. The van der Waals surface area contributed by atoms with Gasteiger partial charge < -0.3 is 19.1 Å². The number of piperazine rings is 1. The fourth-order valence-corrected chi connectivity index (χ4v) is 4.36. The van der Waals surface area contributed by atoms with Gasteiger partial charge >= 0.3 is 0 Å². The van der Waals surface area contributed by atoms with Gasteiger partial charge in [0.25, 0.3) is 0 Å². The third-order valence-electron chi connectivity index (χ3n) is 5.57. The van der Waals surface area contributed by atoms with Crippen LogP contribution in [0.15, 0.2) is 36.4 Å². The van der Waals surface area contributed by atoms with Crippen LogP contribution in [0, 0.1) is 0 Å². The van der Waals surface area contributed by atoms with Crippen LogP contribution < -0.4 is 19.1 Å². The van der Waals surface area contributed by atoms with Gasteiger partial charge in [0.05, 0.1) is 36.1 Å². The largest absolute Gasteiger partial charge is 0.493 e. The van der Waals surface area contributed by atoms with Crippen molar-refractivity contribution in [2.75, 3.05) is 45.3 Å². The Bertz CT molecular complexity index is 841. The maximum Gasteiger partial charge on any atom is 0.164 e. The van der Waals surface area contributed by atoms with Crippen molar-refractivity contribution in [3.05, 3.63) is 46.4 Å². The minimum absolute atomic E-state index is 0.0819. The first-order chi connectivity index (χ1) is 14.4. The van der Waals surface area contributed by atoms with Crippen molar-refractivity contribution < 1.29 is 14.2 Å². The molecule has 2 aromatic carbocycles. The summed E-state index contributed by atoms with van der Waals surface area (Å²) in [5, 5.41) is 1.24. The molecule has 1 saturated heterocycles. The first-order valence-corrected chi connectivity index (χ1v) is 11.0. The summed E-state index contributed by atoms with van der Waals surface area (Å²) in [5.41, 5.74) is 1.02. The molecule has 30 heavy (non-hydrogen) atoms. The van der Waals surface area contributed by atoms with Crippen LogP contribution in [0.5, 0.6) is 17.2 Å². The average molecular weight is 453 g/mol. The summed E-state index contributed by atoms with van der Waals surface area (Å²) in [6, 6.07) is 11.9. The maximum absolute atomic E-state index is 6.39. The molecule has 2 unspecified atom stereocenters. The Morgan fingerprint density at radius 1 is 0.933 bits per heavy atom. The van der Waals surface area contributed by atoms with Crippen molar-refractivity contribution >= 4 is 28.9 Å². The molecule has 1 aliphatic rings. The first-order valence-electron chi connectivity index (χ1n) is 10.2. The lowest BCUT2D eigenvalue weighted by atomic mass is 10.1. The Morgan fingerprint density at radius 2 is 1.63 bits per heavy atom. The Hall–Kier alpha value is -1.82. The number of nitrogens with zero attached hydrogens (tertiary/aromatic N) is 2. The Balaban J connectivity index is 1.52. The van der Waals surface area contributed by atoms with Crippen LogP contribution in [0.25, 0.3) is 0 Å².